The molecule has 0 atom stereocenters. The van der Waals surface area contributed by atoms with Gasteiger partial charge < -0.3 is 5.11 Å². The van der Waals surface area contributed by atoms with Crippen LogP contribution in [0.4, 0.5) is 0 Å². The number of unbranched alkanes of at least 4 members (excludes halogenated alkanes) is 1. The molecule has 0 saturated heterocycles. The average molecular weight is 171 g/mol. The smallest absolute Gasteiger partial charge is 0.156 e. The van der Waals surface area contributed by atoms with Gasteiger partial charge in [0, 0.05) is 18.8 Å². The molecule has 0 rings (SSSR count). The highest BCUT2D eigenvalue weighted by Gasteiger charge is 1.88. The molecule has 0 aromatic rings. The molecule has 0 amide bonds. The minimum absolute atomic E-state index is 0.0874. The Morgan fingerprint density at radius 3 is 2.91 bits per heavy atom. The van der Waals surface area contributed by atoms with Gasteiger partial charge in [0.05, 0.1) is 0 Å². The van der Waals surface area contributed by atoms with Gasteiger partial charge in [-0.2, -0.15) is 0 Å². The number of aliphatic hydroxyl groups excluding tert-OH is 1. The van der Waals surface area contributed by atoms with Gasteiger partial charge >= 0.3 is 0 Å². The highest BCUT2D eigenvalue weighted by atomic mass is 32.1. The molecule has 0 spiro atoms. The van der Waals surface area contributed by atoms with Gasteiger partial charge in [0.25, 0.3) is 0 Å². The highest BCUT2D eigenvalue weighted by molar-refractivity contribution is 7.80. The first kappa shape index (κ1) is 10.3. The summed E-state index contributed by atoms with van der Waals surface area (Å²) in [7, 11) is 0. The Balaban J connectivity index is 3.20. The van der Waals surface area contributed by atoms with E-state index < -0.39 is 0 Å². The van der Waals surface area contributed by atoms with E-state index >= 15 is 0 Å². The van der Waals surface area contributed by atoms with Crippen molar-refractivity contribution in [3.05, 3.63) is 12.3 Å². The van der Waals surface area contributed by atoms with Gasteiger partial charge in [-0.05, 0) is 32.0 Å². The van der Waals surface area contributed by atoms with E-state index in [1.54, 1.807) is 6.20 Å². The van der Waals surface area contributed by atoms with E-state index in [4.69, 9.17) is 5.11 Å². The third-order valence-corrected chi connectivity index (χ3v) is 1.27. The maximum absolute atomic E-state index is 8.63. The Bertz CT molecular complexity index is 163. The summed E-state index contributed by atoms with van der Waals surface area (Å²) in [4.78, 5) is 3.96. The zero-order valence-corrected chi connectivity index (χ0v) is 7.47. The first-order valence-corrected chi connectivity index (χ1v) is 4.02. The number of rotatable bonds is 5. The van der Waals surface area contributed by atoms with Crippen molar-refractivity contribution >= 4 is 23.5 Å². The largest absolute Gasteiger partial charge is 0.502 e. The Morgan fingerprint density at radius 2 is 2.36 bits per heavy atom. The predicted octanol–water partition coefficient (Wildman–Crippen LogP) is 2.65. The molecule has 11 heavy (non-hydrogen) atoms. The van der Waals surface area contributed by atoms with Gasteiger partial charge in [-0.25, -0.2) is 0 Å². The van der Waals surface area contributed by atoms with Gasteiger partial charge in [0.15, 0.2) is 5.05 Å². The van der Waals surface area contributed by atoms with Crippen molar-refractivity contribution < 1.29 is 5.11 Å². The normalized spacial score (nSPS) is 11.4. The lowest BCUT2D eigenvalue weighted by molar-refractivity contribution is 0.545. The third kappa shape index (κ3) is 9.30. The van der Waals surface area contributed by atoms with Crippen molar-refractivity contribution in [1.82, 2.24) is 0 Å². The van der Waals surface area contributed by atoms with Crippen LogP contribution in [0.5, 0.6) is 0 Å². The lowest BCUT2D eigenvalue weighted by Crippen LogP contribution is -1.90. The molecule has 3 heteroatoms. The number of hydrogen-bond acceptors (Lipinski definition) is 2. The number of aliphatic imine (C=N–C) groups is 1. The maximum Gasteiger partial charge on any atom is 0.156 e. The number of hydrogen-bond donors (Lipinski definition) is 1. The fraction of sp³-hybridized carbons (Fsp3) is 0.500. The molecule has 0 aromatic carbocycles. The first-order chi connectivity index (χ1) is 5.27. The van der Waals surface area contributed by atoms with Gasteiger partial charge in [0.2, 0.25) is 0 Å². The lowest BCUT2D eigenvalue weighted by Gasteiger charge is -1.90. The molecular formula is C8H13NOS. The van der Waals surface area contributed by atoms with Crippen LogP contribution >= 0.6 is 12.2 Å². The number of nitrogens with zero attached hydrogens (tertiary/aromatic N) is 1. The Hall–Kier alpha value is -0.700. The van der Waals surface area contributed by atoms with Crippen LogP contribution in [0.25, 0.3) is 0 Å². The van der Waals surface area contributed by atoms with E-state index in [0.717, 1.165) is 12.8 Å². The molecule has 0 aliphatic carbocycles. The number of aliphatic hydroxyl groups is 1. The summed E-state index contributed by atoms with van der Waals surface area (Å²) in [5.74, 6) is 0. The molecule has 1 N–H and O–H groups in total. The molecule has 0 aliphatic heterocycles. The molecule has 0 fully saturated rings. The van der Waals surface area contributed by atoms with Crippen LogP contribution in [-0.4, -0.2) is 16.4 Å². The van der Waals surface area contributed by atoms with Crippen LogP contribution in [0.15, 0.2) is 17.3 Å². The predicted molar refractivity (Wildman–Crippen MR) is 52.4 cm³/mol. The number of thiocarbonyl (C=S) groups is 1. The van der Waals surface area contributed by atoms with Crippen LogP contribution in [0, 0.1) is 0 Å². The summed E-state index contributed by atoms with van der Waals surface area (Å²) in [6, 6.07) is 0. The summed E-state index contributed by atoms with van der Waals surface area (Å²) in [6.07, 6.45) is 7.75. The molecule has 0 unspecified atom stereocenters. The van der Waals surface area contributed by atoms with Crippen LogP contribution in [-0.2, 0) is 0 Å². The third-order valence-electron chi connectivity index (χ3n) is 1.06. The molecule has 0 heterocycles. The lowest BCUT2D eigenvalue weighted by atomic mass is 10.2. The standard InChI is InChI=1S/C8H13NOS/c1-2-6-9-7-4-3-5-8(10)11/h2,6-7H,3-5H2,1H3,(H,10,11)/b6-2-,9-7-. The topological polar surface area (TPSA) is 32.6 Å². The zero-order chi connectivity index (χ0) is 8.53. The summed E-state index contributed by atoms with van der Waals surface area (Å²) >= 11 is 4.49. The molecule has 0 saturated carbocycles. The van der Waals surface area contributed by atoms with Gasteiger partial charge in [0.1, 0.15) is 0 Å². The highest BCUT2D eigenvalue weighted by Crippen LogP contribution is 1.93. The van der Waals surface area contributed by atoms with Crippen LogP contribution in [0.1, 0.15) is 26.2 Å². The quantitative estimate of drug-likeness (QED) is 0.392. The summed E-state index contributed by atoms with van der Waals surface area (Å²) in [5, 5.41) is 8.72. The van der Waals surface area contributed by atoms with E-state index in [2.05, 4.69) is 17.2 Å². The van der Waals surface area contributed by atoms with E-state index in [-0.39, 0.29) is 5.05 Å². The summed E-state index contributed by atoms with van der Waals surface area (Å²) in [5.41, 5.74) is 0. The molecular weight excluding hydrogens is 158 g/mol. The molecule has 0 aliphatic rings. The second-order valence-corrected chi connectivity index (χ2v) is 2.57. The van der Waals surface area contributed by atoms with Crippen LogP contribution < -0.4 is 0 Å². The fourth-order valence-electron chi connectivity index (χ4n) is 0.566. The average Bonchev–Trinajstić information content (AvgIpc) is 1.96. The van der Waals surface area contributed by atoms with Gasteiger partial charge in [-0.3, -0.25) is 4.99 Å². The Labute approximate surface area is 72.7 Å². The van der Waals surface area contributed by atoms with Crippen molar-refractivity contribution in [2.45, 2.75) is 26.2 Å². The minimum Gasteiger partial charge on any atom is -0.502 e. The maximum atomic E-state index is 8.63. The van der Waals surface area contributed by atoms with Crippen LogP contribution in [0.3, 0.4) is 0 Å². The SMILES string of the molecule is C/C=C\N=C/CCCC(O)=S. The van der Waals surface area contributed by atoms with Crippen molar-refractivity contribution in [3.8, 4) is 0 Å². The number of allylic oxidation sites excluding steroid dienone is 1. The molecule has 62 valence electrons. The van der Waals surface area contributed by atoms with Crippen molar-refractivity contribution in [1.29, 1.82) is 0 Å². The molecule has 0 radical (unpaired) electrons. The van der Waals surface area contributed by atoms with E-state index in [1.165, 1.54) is 0 Å². The zero-order valence-electron chi connectivity index (χ0n) is 6.66. The van der Waals surface area contributed by atoms with Crippen molar-refractivity contribution in [2.24, 2.45) is 4.99 Å². The van der Waals surface area contributed by atoms with Crippen molar-refractivity contribution in [3.63, 3.8) is 0 Å². The van der Waals surface area contributed by atoms with E-state index in [0.29, 0.717) is 6.42 Å². The Kier molecular flexibility index (Phi) is 6.94. The monoisotopic (exact) mass is 171 g/mol. The molecule has 2 nitrogen and oxygen atoms in total. The summed E-state index contributed by atoms with van der Waals surface area (Å²) in [6.45, 7) is 1.92. The first-order valence-electron chi connectivity index (χ1n) is 3.62. The Morgan fingerprint density at radius 1 is 1.64 bits per heavy atom. The van der Waals surface area contributed by atoms with E-state index in [9.17, 15) is 0 Å². The molecule has 0 bridgehead atoms. The van der Waals surface area contributed by atoms with Crippen LogP contribution in [0.2, 0.25) is 0 Å². The van der Waals surface area contributed by atoms with E-state index in [1.807, 2.05) is 19.2 Å². The molecule has 0 aromatic heterocycles. The second-order valence-electron chi connectivity index (χ2n) is 2.10. The second kappa shape index (κ2) is 7.41. The fourth-order valence-corrected chi connectivity index (χ4v) is 0.710. The van der Waals surface area contributed by atoms with Crippen molar-refractivity contribution in [2.75, 3.05) is 0 Å². The van der Waals surface area contributed by atoms with Gasteiger partial charge in [-0.1, -0.05) is 6.08 Å². The minimum atomic E-state index is 0.0874. The van der Waals surface area contributed by atoms with Gasteiger partial charge in [-0.15, -0.1) is 0 Å². The summed E-state index contributed by atoms with van der Waals surface area (Å²) < 4.78 is 0.